The predicted octanol–water partition coefficient (Wildman–Crippen LogP) is 7.27. The van der Waals surface area contributed by atoms with Crippen molar-refractivity contribution < 1.29 is 32.3 Å². The smallest absolute Gasteiger partial charge is 0.416 e. The molecule has 0 aliphatic heterocycles. The highest BCUT2D eigenvalue weighted by atomic mass is 19.4. The first kappa shape index (κ1) is 39.9. The minimum Gasteiger partial charge on any atom is -0.444 e. The lowest BCUT2D eigenvalue weighted by Crippen LogP contribution is -2.47. The first-order valence-corrected chi connectivity index (χ1v) is 14.9. The van der Waals surface area contributed by atoms with Gasteiger partial charge in [-0.3, -0.25) is 9.59 Å². The summed E-state index contributed by atoms with van der Waals surface area (Å²) in [5.74, 6) is -1.23. The second-order valence-electron chi connectivity index (χ2n) is 10.7. The Balaban J connectivity index is 0.000000544. The number of nitrogens with two attached hydrogens (primary N) is 1. The number of carbonyl (C=O) groups excluding carboxylic acids is 3. The minimum absolute atomic E-state index is 0.189. The molecule has 0 aliphatic rings. The maximum atomic E-state index is 12.8. The van der Waals surface area contributed by atoms with Crippen LogP contribution in [0.3, 0.4) is 0 Å². The van der Waals surface area contributed by atoms with E-state index in [1.807, 2.05) is 71.0 Å². The van der Waals surface area contributed by atoms with Crippen molar-refractivity contribution in [3.05, 3.63) is 113 Å². The van der Waals surface area contributed by atoms with Crippen molar-refractivity contribution in [2.45, 2.75) is 72.8 Å². The predicted molar refractivity (Wildman–Crippen MR) is 179 cm³/mol. The highest BCUT2D eigenvalue weighted by Gasteiger charge is 2.31. The molecule has 0 aromatic heterocycles. The van der Waals surface area contributed by atoms with Crippen LogP contribution in [0.4, 0.5) is 23.7 Å². The number of ether oxygens (including phenoxy) is 1. The average molecular weight is 656 g/mol. The van der Waals surface area contributed by atoms with Crippen molar-refractivity contribution in [1.82, 2.24) is 16.0 Å². The van der Waals surface area contributed by atoms with Crippen LogP contribution in [0.2, 0.25) is 0 Å². The van der Waals surface area contributed by atoms with Crippen LogP contribution in [0.1, 0.15) is 70.0 Å². The van der Waals surface area contributed by atoms with Gasteiger partial charge in [0.25, 0.3) is 5.91 Å². The largest absolute Gasteiger partial charge is 0.444 e. The molecule has 0 aliphatic carbocycles. The SMILES string of the molecule is C/C(=C/N)C(=Nc1ccccc1)NC(=O)C(C)NC(=O)c1cccc(C(F)(F)F)c1.CC.CC(C)(C)OC(=O)NCc1ccccc1. The summed E-state index contributed by atoms with van der Waals surface area (Å²) < 4.78 is 43.6. The fraction of sp³-hybridized carbons (Fsp3) is 0.314. The number of hydrogen-bond donors (Lipinski definition) is 4. The van der Waals surface area contributed by atoms with Crippen molar-refractivity contribution in [3.8, 4) is 0 Å². The lowest BCUT2D eigenvalue weighted by Gasteiger charge is -2.19. The number of alkyl halides is 3. The average Bonchev–Trinajstić information content (AvgIpc) is 3.04. The molecule has 1 unspecified atom stereocenters. The molecule has 0 heterocycles. The summed E-state index contributed by atoms with van der Waals surface area (Å²) in [4.78, 5) is 40.4. The quantitative estimate of drug-likeness (QED) is 0.157. The van der Waals surface area contributed by atoms with E-state index in [-0.39, 0.29) is 17.5 Å². The van der Waals surface area contributed by atoms with E-state index >= 15 is 0 Å². The van der Waals surface area contributed by atoms with E-state index in [0.717, 1.165) is 23.8 Å². The number of para-hydroxylation sites is 1. The van der Waals surface area contributed by atoms with Crippen molar-refractivity contribution in [1.29, 1.82) is 0 Å². The second kappa shape index (κ2) is 19.4. The number of benzene rings is 3. The van der Waals surface area contributed by atoms with Gasteiger partial charge in [0.1, 0.15) is 17.5 Å². The van der Waals surface area contributed by atoms with Gasteiger partial charge in [-0.2, -0.15) is 13.2 Å². The first-order valence-electron chi connectivity index (χ1n) is 14.9. The van der Waals surface area contributed by atoms with Gasteiger partial charge >= 0.3 is 12.3 Å². The Hall–Kier alpha value is -5.13. The van der Waals surface area contributed by atoms with E-state index in [1.54, 1.807) is 31.2 Å². The van der Waals surface area contributed by atoms with Gasteiger partial charge in [-0.1, -0.05) is 68.4 Å². The third kappa shape index (κ3) is 15.6. The fourth-order valence-electron chi connectivity index (χ4n) is 3.42. The monoisotopic (exact) mass is 655 g/mol. The molecule has 0 saturated heterocycles. The minimum atomic E-state index is -4.58. The van der Waals surface area contributed by atoms with Gasteiger partial charge in [-0.05, 0) is 70.5 Å². The zero-order valence-corrected chi connectivity index (χ0v) is 27.7. The lowest BCUT2D eigenvalue weighted by atomic mass is 10.1. The van der Waals surface area contributed by atoms with Crippen molar-refractivity contribution >= 4 is 29.4 Å². The van der Waals surface area contributed by atoms with E-state index in [0.29, 0.717) is 17.8 Å². The summed E-state index contributed by atoms with van der Waals surface area (Å²) in [5.41, 5.74) is 6.05. The number of amides is 3. The second-order valence-corrected chi connectivity index (χ2v) is 10.7. The number of hydrogen-bond acceptors (Lipinski definition) is 6. The standard InChI is InChI=1S/C21H21F3N4O2.C12H17NO2.C2H6/c1-13(12-25)18(27-17-9-4-3-5-10-17)28-19(29)14(2)26-20(30)15-7-6-8-16(11-15)21(22,23)24;1-12(2,3)15-11(14)13-9-10-7-5-4-6-8-10;1-2/h3-12,14H,25H2,1-2H3,(H,26,30)(H,27,28,29);4-8H,9H2,1-3H3,(H,13,14);1-2H3/b13-12-;;. The summed E-state index contributed by atoms with van der Waals surface area (Å²) >= 11 is 0. The Kier molecular flexibility index (Phi) is 16.5. The molecule has 3 rings (SSSR count). The summed E-state index contributed by atoms with van der Waals surface area (Å²) in [5, 5.41) is 7.65. The van der Waals surface area contributed by atoms with Crippen LogP contribution >= 0.6 is 0 Å². The van der Waals surface area contributed by atoms with Crippen LogP contribution in [0.5, 0.6) is 0 Å². The Bertz CT molecular complexity index is 1490. The fourth-order valence-corrected chi connectivity index (χ4v) is 3.42. The normalized spacial score (nSPS) is 12.2. The molecule has 47 heavy (non-hydrogen) atoms. The van der Waals surface area contributed by atoms with Crippen LogP contribution in [0.25, 0.3) is 0 Å². The maximum Gasteiger partial charge on any atom is 0.416 e. The van der Waals surface area contributed by atoms with Gasteiger partial charge < -0.3 is 26.4 Å². The highest BCUT2D eigenvalue weighted by molar-refractivity contribution is 6.10. The van der Waals surface area contributed by atoms with Crippen LogP contribution in [0, 0.1) is 0 Å². The van der Waals surface area contributed by atoms with Crippen LogP contribution in [-0.4, -0.2) is 35.4 Å². The summed E-state index contributed by atoms with van der Waals surface area (Å²) in [6.07, 6.45) is -3.69. The molecule has 254 valence electrons. The third-order valence-electron chi connectivity index (χ3n) is 5.73. The number of alkyl carbamates (subject to hydrolysis) is 1. The van der Waals surface area contributed by atoms with Gasteiger partial charge in [0.05, 0.1) is 11.3 Å². The van der Waals surface area contributed by atoms with Gasteiger partial charge in [-0.25, -0.2) is 9.79 Å². The first-order chi connectivity index (χ1) is 22.1. The molecule has 0 fully saturated rings. The molecular formula is C35H44F3N5O4. The van der Waals surface area contributed by atoms with Crippen molar-refractivity contribution in [2.24, 2.45) is 10.7 Å². The zero-order valence-electron chi connectivity index (χ0n) is 27.7. The van der Waals surface area contributed by atoms with Crippen LogP contribution in [-0.2, 0) is 22.3 Å². The molecule has 12 heteroatoms. The summed E-state index contributed by atoms with van der Waals surface area (Å²) in [7, 11) is 0. The van der Waals surface area contributed by atoms with Gasteiger partial charge in [-0.15, -0.1) is 0 Å². The van der Waals surface area contributed by atoms with Crippen LogP contribution < -0.4 is 21.7 Å². The van der Waals surface area contributed by atoms with E-state index in [9.17, 15) is 27.6 Å². The number of rotatable bonds is 7. The van der Waals surface area contributed by atoms with Gasteiger partial charge in [0.2, 0.25) is 5.91 Å². The van der Waals surface area contributed by atoms with Gasteiger partial charge in [0.15, 0.2) is 0 Å². The number of aliphatic imine (C=N–C) groups is 1. The molecule has 9 nitrogen and oxygen atoms in total. The molecule has 3 aromatic rings. The third-order valence-corrected chi connectivity index (χ3v) is 5.73. The van der Waals surface area contributed by atoms with Crippen LogP contribution in [0.15, 0.2) is 102 Å². The highest BCUT2D eigenvalue weighted by Crippen LogP contribution is 2.29. The molecule has 0 radical (unpaired) electrons. The number of carbonyl (C=O) groups is 3. The van der Waals surface area contributed by atoms with E-state index in [2.05, 4.69) is 20.9 Å². The summed E-state index contributed by atoms with van der Waals surface area (Å²) in [6.45, 7) is 13.1. The number of amidine groups is 1. The number of halogens is 3. The Morgan fingerprint density at radius 1 is 0.915 bits per heavy atom. The molecule has 0 bridgehead atoms. The molecule has 5 N–H and O–H groups in total. The molecule has 0 saturated carbocycles. The van der Waals surface area contributed by atoms with E-state index in [1.165, 1.54) is 19.2 Å². The molecule has 0 spiro atoms. The number of nitrogens with zero attached hydrogens (tertiary/aromatic N) is 1. The summed E-state index contributed by atoms with van der Waals surface area (Å²) in [6, 6.07) is 21.5. The molecule has 1 atom stereocenters. The van der Waals surface area contributed by atoms with Crippen molar-refractivity contribution in [3.63, 3.8) is 0 Å². The Morgan fingerprint density at radius 3 is 2.02 bits per heavy atom. The molecule has 3 aromatic carbocycles. The van der Waals surface area contributed by atoms with E-state index < -0.39 is 35.2 Å². The Labute approximate surface area is 274 Å². The zero-order chi connectivity index (χ0) is 35.6. The molecular weight excluding hydrogens is 611 g/mol. The number of nitrogens with one attached hydrogen (secondary N) is 3. The van der Waals surface area contributed by atoms with Gasteiger partial charge in [0, 0.05) is 23.9 Å². The topological polar surface area (TPSA) is 135 Å². The molecule has 3 amide bonds. The maximum absolute atomic E-state index is 12.8. The van der Waals surface area contributed by atoms with Crippen molar-refractivity contribution in [2.75, 3.05) is 0 Å². The van der Waals surface area contributed by atoms with E-state index in [4.69, 9.17) is 10.5 Å². The Morgan fingerprint density at radius 2 is 1.49 bits per heavy atom. The lowest BCUT2D eigenvalue weighted by molar-refractivity contribution is -0.137.